The number of aliphatic hydroxyl groups is 1. The summed E-state index contributed by atoms with van der Waals surface area (Å²) in [5, 5.41) is 9.71. The van der Waals surface area contributed by atoms with Crippen molar-refractivity contribution in [1.82, 2.24) is 0 Å². The molecule has 0 saturated heterocycles. The lowest BCUT2D eigenvalue weighted by Gasteiger charge is -2.37. The zero-order chi connectivity index (χ0) is 12.9. The van der Waals surface area contributed by atoms with Crippen molar-refractivity contribution in [2.24, 2.45) is 0 Å². The van der Waals surface area contributed by atoms with Gasteiger partial charge in [-0.2, -0.15) is 0 Å². The lowest BCUT2D eigenvalue weighted by Crippen LogP contribution is -2.42. The molecule has 0 radical (unpaired) electrons. The van der Waals surface area contributed by atoms with Crippen LogP contribution < -0.4 is 4.74 Å². The van der Waals surface area contributed by atoms with Gasteiger partial charge in [-0.25, -0.2) is 4.39 Å². The summed E-state index contributed by atoms with van der Waals surface area (Å²) in [6, 6.07) is 4.28. The quantitative estimate of drug-likeness (QED) is 0.765. The Kier molecular flexibility index (Phi) is 2.45. The monoisotopic (exact) mass is 250 g/mol. The number of ketones is 1. The van der Waals surface area contributed by atoms with Crippen LogP contribution in [0.1, 0.15) is 31.7 Å². The second-order valence-corrected chi connectivity index (χ2v) is 5.27. The molecule has 2 aliphatic rings. The number of Topliss-reactive ketones (excluding diaryl/α,β-unsaturated/α-hetero) is 1. The molecular weight excluding hydrogens is 235 g/mol. The largest absolute Gasteiger partial charge is 0.490 e. The SMILES string of the molecule is CC1CC2(CCC(O)C2=O)c2cc(F)ccc2O1. The number of halogens is 1. The van der Waals surface area contributed by atoms with Crippen molar-refractivity contribution in [3.63, 3.8) is 0 Å². The molecule has 1 fully saturated rings. The minimum atomic E-state index is -0.925. The van der Waals surface area contributed by atoms with Crippen LogP contribution in [0.5, 0.6) is 5.75 Å². The molecular formula is C14H15FO3. The molecule has 96 valence electrons. The fraction of sp³-hybridized carbons (Fsp3) is 0.500. The van der Waals surface area contributed by atoms with E-state index in [1.807, 2.05) is 6.92 Å². The van der Waals surface area contributed by atoms with Gasteiger partial charge in [0.2, 0.25) is 0 Å². The summed E-state index contributed by atoms with van der Waals surface area (Å²) >= 11 is 0. The van der Waals surface area contributed by atoms with E-state index in [9.17, 15) is 14.3 Å². The van der Waals surface area contributed by atoms with Crippen molar-refractivity contribution in [2.45, 2.75) is 43.8 Å². The van der Waals surface area contributed by atoms with E-state index < -0.39 is 11.5 Å². The number of ether oxygens (including phenoxy) is 1. The maximum absolute atomic E-state index is 13.4. The van der Waals surface area contributed by atoms with Crippen LogP contribution in [0, 0.1) is 5.82 Å². The molecule has 1 aliphatic carbocycles. The van der Waals surface area contributed by atoms with Gasteiger partial charge in [-0.3, -0.25) is 4.79 Å². The standard InChI is InChI=1S/C14H15FO3/c1-8-7-14(5-4-11(16)13(14)17)10-6-9(15)2-3-12(10)18-8/h2-3,6,8,11,16H,4-5,7H2,1H3. The zero-order valence-electron chi connectivity index (χ0n) is 10.1. The van der Waals surface area contributed by atoms with Crippen LogP contribution in [0.3, 0.4) is 0 Å². The molecule has 0 aromatic heterocycles. The summed E-state index contributed by atoms with van der Waals surface area (Å²) in [6.45, 7) is 1.89. The number of benzene rings is 1. The van der Waals surface area contributed by atoms with E-state index in [0.29, 0.717) is 30.6 Å². The summed E-state index contributed by atoms with van der Waals surface area (Å²) in [5.74, 6) is 0.00238. The van der Waals surface area contributed by atoms with E-state index in [0.717, 1.165) is 0 Å². The highest BCUT2D eigenvalue weighted by Crippen LogP contribution is 2.49. The number of carbonyl (C=O) groups excluding carboxylic acids is 1. The Balaban J connectivity index is 2.18. The Morgan fingerprint density at radius 2 is 2.28 bits per heavy atom. The Morgan fingerprint density at radius 1 is 1.50 bits per heavy atom. The topological polar surface area (TPSA) is 46.5 Å². The molecule has 1 N–H and O–H groups in total. The first-order valence-corrected chi connectivity index (χ1v) is 6.22. The second-order valence-electron chi connectivity index (χ2n) is 5.27. The lowest BCUT2D eigenvalue weighted by atomic mass is 9.72. The second kappa shape index (κ2) is 3.79. The van der Waals surface area contributed by atoms with Crippen molar-refractivity contribution >= 4 is 5.78 Å². The molecule has 3 rings (SSSR count). The first kappa shape index (κ1) is 11.7. The van der Waals surface area contributed by atoms with Crippen LogP contribution in [0.25, 0.3) is 0 Å². The van der Waals surface area contributed by atoms with Gasteiger partial charge in [-0.15, -0.1) is 0 Å². The smallest absolute Gasteiger partial charge is 0.172 e. The van der Waals surface area contributed by atoms with E-state index in [1.165, 1.54) is 12.1 Å². The van der Waals surface area contributed by atoms with Gasteiger partial charge in [-0.05, 0) is 38.0 Å². The molecule has 1 heterocycles. The number of rotatable bonds is 0. The fourth-order valence-corrected chi connectivity index (χ4v) is 3.26. The van der Waals surface area contributed by atoms with E-state index in [-0.39, 0.29) is 17.7 Å². The maximum Gasteiger partial charge on any atom is 0.172 e. The first-order valence-electron chi connectivity index (χ1n) is 6.22. The third-order valence-electron chi connectivity index (χ3n) is 4.04. The van der Waals surface area contributed by atoms with Crippen molar-refractivity contribution in [2.75, 3.05) is 0 Å². The average molecular weight is 250 g/mol. The van der Waals surface area contributed by atoms with E-state index in [4.69, 9.17) is 4.74 Å². The van der Waals surface area contributed by atoms with Gasteiger partial charge in [0.1, 0.15) is 17.7 Å². The molecule has 1 aliphatic heterocycles. The maximum atomic E-state index is 13.4. The Labute approximate surface area is 105 Å². The first-order chi connectivity index (χ1) is 8.53. The Morgan fingerprint density at radius 3 is 2.94 bits per heavy atom. The summed E-state index contributed by atoms with van der Waals surface area (Å²) < 4.78 is 19.1. The van der Waals surface area contributed by atoms with Crippen molar-refractivity contribution in [3.05, 3.63) is 29.6 Å². The van der Waals surface area contributed by atoms with Crippen LogP contribution in [-0.2, 0) is 10.2 Å². The van der Waals surface area contributed by atoms with Gasteiger partial charge in [0.25, 0.3) is 0 Å². The van der Waals surface area contributed by atoms with Crippen LogP contribution in [0.4, 0.5) is 4.39 Å². The molecule has 0 bridgehead atoms. The highest BCUT2D eigenvalue weighted by Gasteiger charge is 2.52. The zero-order valence-corrected chi connectivity index (χ0v) is 10.1. The molecule has 3 nitrogen and oxygen atoms in total. The highest BCUT2D eigenvalue weighted by molar-refractivity contribution is 5.96. The number of hydrogen-bond donors (Lipinski definition) is 1. The van der Waals surface area contributed by atoms with Gasteiger partial charge in [0.15, 0.2) is 5.78 Å². The molecule has 3 atom stereocenters. The molecule has 1 spiro atoms. The van der Waals surface area contributed by atoms with E-state index in [2.05, 4.69) is 0 Å². The lowest BCUT2D eigenvalue weighted by molar-refractivity contribution is -0.130. The predicted octanol–water partition coefficient (Wildman–Crippen LogP) is 1.96. The van der Waals surface area contributed by atoms with Crippen LogP contribution in [0.2, 0.25) is 0 Å². The summed E-state index contributed by atoms with van der Waals surface area (Å²) in [5.41, 5.74) is -0.156. The third-order valence-corrected chi connectivity index (χ3v) is 4.04. The summed E-state index contributed by atoms with van der Waals surface area (Å²) in [4.78, 5) is 12.3. The van der Waals surface area contributed by atoms with Crippen molar-refractivity contribution in [3.8, 4) is 5.75 Å². The van der Waals surface area contributed by atoms with Crippen LogP contribution in [-0.4, -0.2) is 23.1 Å². The minimum absolute atomic E-state index is 0.0998. The summed E-state index contributed by atoms with van der Waals surface area (Å²) in [7, 11) is 0. The number of hydrogen-bond acceptors (Lipinski definition) is 3. The van der Waals surface area contributed by atoms with Crippen molar-refractivity contribution in [1.29, 1.82) is 0 Å². The fourth-order valence-electron chi connectivity index (χ4n) is 3.26. The van der Waals surface area contributed by atoms with Crippen molar-refractivity contribution < 1.29 is 19.0 Å². The number of carbonyl (C=O) groups is 1. The molecule has 3 unspecified atom stereocenters. The highest BCUT2D eigenvalue weighted by atomic mass is 19.1. The number of aliphatic hydroxyl groups excluding tert-OH is 1. The van der Waals surface area contributed by atoms with Crippen LogP contribution >= 0.6 is 0 Å². The van der Waals surface area contributed by atoms with Gasteiger partial charge in [0, 0.05) is 12.0 Å². The Hall–Kier alpha value is -1.42. The molecule has 1 aromatic carbocycles. The molecule has 18 heavy (non-hydrogen) atoms. The summed E-state index contributed by atoms with van der Waals surface area (Å²) in [6.07, 6.45) is 0.501. The minimum Gasteiger partial charge on any atom is -0.490 e. The van der Waals surface area contributed by atoms with E-state index >= 15 is 0 Å². The molecule has 4 heteroatoms. The molecule has 0 amide bonds. The average Bonchev–Trinajstić information content (AvgIpc) is 2.60. The van der Waals surface area contributed by atoms with Gasteiger partial charge in [0.05, 0.1) is 11.5 Å². The van der Waals surface area contributed by atoms with Gasteiger partial charge < -0.3 is 9.84 Å². The van der Waals surface area contributed by atoms with Gasteiger partial charge >= 0.3 is 0 Å². The van der Waals surface area contributed by atoms with E-state index in [1.54, 1.807) is 6.07 Å². The third kappa shape index (κ3) is 1.48. The molecule has 1 aromatic rings. The Bertz CT molecular complexity index is 514. The predicted molar refractivity (Wildman–Crippen MR) is 63.0 cm³/mol. The number of fused-ring (bicyclic) bond motifs is 2. The van der Waals surface area contributed by atoms with Gasteiger partial charge in [-0.1, -0.05) is 0 Å². The molecule has 1 saturated carbocycles. The van der Waals surface area contributed by atoms with Crippen LogP contribution in [0.15, 0.2) is 18.2 Å². The normalized spacial score (nSPS) is 34.5.